The maximum atomic E-state index is 5.51. The molecule has 0 amide bonds. The third-order valence-corrected chi connectivity index (χ3v) is 2.44. The number of thioether (sulfide) groups is 1. The number of aromatic nitrogens is 2. The average Bonchev–Trinajstić information content (AvgIpc) is 2.04. The van der Waals surface area contributed by atoms with E-state index in [1.54, 1.807) is 11.8 Å². The van der Waals surface area contributed by atoms with Gasteiger partial charge in [0.25, 0.3) is 0 Å². The first-order chi connectivity index (χ1) is 5.33. The van der Waals surface area contributed by atoms with E-state index in [1.165, 1.54) is 0 Å². The van der Waals surface area contributed by atoms with Crippen LogP contribution in [-0.2, 0) is 0 Å². The van der Waals surface area contributed by atoms with E-state index in [1.807, 2.05) is 19.1 Å². The van der Waals surface area contributed by atoms with Gasteiger partial charge in [-0.25, -0.2) is 0 Å². The van der Waals surface area contributed by atoms with Crippen LogP contribution in [0.4, 0.5) is 0 Å². The molecule has 60 valence electrons. The molecule has 0 saturated heterocycles. The molecule has 1 rings (SSSR count). The van der Waals surface area contributed by atoms with Crippen LogP contribution < -0.4 is 0 Å². The predicted molar refractivity (Wildman–Crippen MR) is 48.2 cm³/mol. The van der Waals surface area contributed by atoms with Gasteiger partial charge < -0.3 is 0 Å². The van der Waals surface area contributed by atoms with Gasteiger partial charge in [-0.1, -0.05) is 0 Å². The second-order valence-electron chi connectivity index (χ2n) is 2.05. The summed E-state index contributed by atoms with van der Waals surface area (Å²) in [5, 5.41) is 8.83. The summed E-state index contributed by atoms with van der Waals surface area (Å²) in [4.78, 5) is 0. The zero-order valence-electron chi connectivity index (χ0n) is 6.25. The molecule has 2 nitrogen and oxygen atoms in total. The van der Waals surface area contributed by atoms with E-state index in [4.69, 9.17) is 11.6 Å². The summed E-state index contributed by atoms with van der Waals surface area (Å²) in [6.07, 6.45) is 0. The fraction of sp³-hybridized carbons (Fsp3) is 0.429. The second kappa shape index (κ2) is 4.57. The minimum absolute atomic E-state index is 0.653. The van der Waals surface area contributed by atoms with Crippen LogP contribution >= 0.6 is 23.4 Å². The molecular formula is C7H9ClN2S. The third-order valence-electron chi connectivity index (χ3n) is 1.10. The molecule has 0 atom stereocenters. The molecule has 0 N–H and O–H groups in total. The topological polar surface area (TPSA) is 25.8 Å². The van der Waals surface area contributed by atoms with Crippen LogP contribution in [0.2, 0.25) is 0 Å². The zero-order chi connectivity index (χ0) is 8.10. The molecule has 0 spiro atoms. The minimum atomic E-state index is 0.653. The van der Waals surface area contributed by atoms with Crippen LogP contribution in [0.1, 0.15) is 5.69 Å². The Balaban J connectivity index is 2.52. The van der Waals surface area contributed by atoms with Gasteiger partial charge in [-0.05, 0) is 19.1 Å². The molecule has 0 aliphatic carbocycles. The van der Waals surface area contributed by atoms with Gasteiger partial charge in [-0.15, -0.1) is 28.5 Å². The summed E-state index contributed by atoms with van der Waals surface area (Å²) < 4.78 is 0. The number of halogens is 1. The summed E-state index contributed by atoms with van der Waals surface area (Å²) in [5.41, 5.74) is 0.945. The van der Waals surface area contributed by atoms with Gasteiger partial charge in [0.2, 0.25) is 0 Å². The summed E-state index contributed by atoms with van der Waals surface area (Å²) in [6, 6.07) is 3.91. The van der Waals surface area contributed by atoms with E-state index in [-0.39, 0.29) is 0 Å². The monoisotopic (exact) mass is 188 g/mol. The molecule has 0 saturated carbocycles. The molecule has 0 unspecified atom stereocenters. The maximum Gasteiger partial charge on any atom is 0.119 e. The Labute approximate surface area is 75.4 Å². The van der Waals surface area contributed by atoms with E-state index < -0.39 is 0 Å². The lowest BCUT2D eigenvalue weighted by molar-refractivity contribution is 0.896. The number of aryl methyl sites for hydroxylation is 1. The van der Waals surface area contributed by atoms with Crippen molar-refractivity contribution in [3.63, 3.8) is 0 Å². The Morgan fingerprint density at radius 1 is 1.45 bits per heavy atom. The fourth-order valence-electron chi connectivity index (χ4n) is 0.607. The lowest BCUT2D eigenvalue weighted by atomic mass is 10.4. The maximum absolute atomic E-state index is 5.51. The van der Waals surface area contributed by atoms with Gasteiger partial charge >= 0.3 is 0 Å². The first-order valence-electron chi connectivity index (χ1n) is 3.32. The van der Waals surface area contributed by atoms with E-state index >= 15 is 0 Å². The minimum Gasteiger partial charge on any atom is -0.155 e. The highest BCUT2D eigenvalue weighted by Crippen LogP contribution is 2.13. The lowest BCUT2D eigenvalue weighted by Crippen LogP contribution is -1.88. The highest BCUT2D eigenvalue weighted by molar-refractivity contribution is 7.99. The summed E-state index contributed by atoms with van der Waals surface area (Å²) in [6.45, 7) is 1.92. The standard InChI is InChI=1S/C7H9ClN2S/c1-6-2-3-7(10-9-6)11-5-4-8/h2-3H,4-5H2,1H3. The summed E-state index contributed by atoms with van der Waals surface area (Å²) in [7, 11) is 0. The van der Waals surface area contributed by atoms with Crippen molar-refractivity contribution in [2.75, 3.05) is 11.6 Å². The van der Waals surface area contributed by atoms with Gasteiger partial charge in [0.05, 0.1) is 5.69 Å². The lowest BCUT2D eigenvalue weighted by Gasteiger charge is -1.95. The van der Waals surface area contributed by atoms with E-state index in [0.29, 0.717) is 5.88 Å². The number of hydrogen-bond donors (Lipinski definition) is 0. The van der Waals surface area contributed by atoms with Gasteiger partial charge in [0, 0.05) is 11.6 Å². The molecule has 0 aliphatic heterocycles. The van der Waals surface area contributed by atoms with Crippen molar-refractivity contribution >= 4 is 23.4 Å². The van der Waals surface area contributed by atoms with Crippen LogP contribution in [0.5, 0.6) is 0 Å². The first kappa shape index (κ1) is 8.81. The first-order valence-corrected chi connectivity index (χ1v) is 4.84. The van der Waals surface area contributed by atoms with Gasteiger partial charge in [-0.3, -0.25) is 0 Å². The molecule has 0 aliphatic rings. The number of hydrogen-bond acceptors (Lipinski definition) is 3. The van der Waals surface area contributed by atoms with Gasteiger partial charge in [-0.2, -0.15) is 5.10 Å². The highest BCUT2D eigenvalue weighted by atomic mass is 35.5. The van der Waals surface area contributed by atoms with Crippen LogP contribution in [-0.4, -0.2) is 21.8 Å². The van der Waals surface area contributed by atoms with Crippen molar-refractivity contribution in [1.29, 1.82) is 0 Å². The van der Waals surface area contributed by atoms with Gasteiger partial charge in [0.15, 0.2) is 0 Å². The molecule has 0 radical (unpaired) electrons. The summed E-state index contributed by atoms with van der Waals surface area (Å²) >= 11 is 7.14. The Kier molecular flexibility index (Phi) is 3.66. The Hall–Kier alpha value is -0.280. The normalized spacial score (nSPS) is 10.0. The molecular weight excluding hydrogens is 180 g/mol. The molecule has 1 aromatic rings. The van der Waals surface area contributed by atoms with Crippen molar-refractivity contribution in [2.45, 2.75) is 11.9 Å². The highest BCUT2D eigenvalue weighted by Gasteiger charge is 1.93. The quantitative estimate of drug-likeness (QED) is 0.537. The van der Waals surface area contributed by atoms with E-state index in [0.717, 1.165) is 16.5 Å². The molecule has 1 aromatic heterocycles. The van der Waals surface area contributed by atoms with E-state index in [9.17, 15) is 0 Å². The summed E-state index contributed by atoms with van der Waals surface area (Å²) in [5.74, 6) is 1.54. The van der Waals surface area contributed by atoms with Crippen molar-refractivity contribution in [1.82, 2.24) is 10.2 Å². The van der Waals surface area contributed by atoms with Crippen LogP contribution in [0.15, 0.2) is 17.2 Å². The zero-order valence-corrected chi connectivity index (χ0v) is 7.82. The number of alkyl halides is 1. The predicted octanol–water partition coefficient (Wildman–Crippen LogP) is 2.12. The SMILES string of the molecule is Cc1ccc(SCCCl)nn1. The van der Waals surface area contributed by atoms with Crippen LogP contribution in [0.3, 0.4) is 0 Å². The Morgan fingerprint density at radius 3 is 2.82 bits per heavy atom. The largest absolute Gasteiger partial charge is 0.155 e. The molecule has 0 fully saturated rings. The van der Waals surface area contributed by atoms with Gasteiger partial charge in [0.1, 0.15) is 5.03 Å². The van der Waals surface area contributed by atoms with Crippen molar-refractivity contribution in [2.24, 2.45) is 0 Å². The van der Waals surface area contributed by atoms with Crippen molar-refractivity contribution in [3.05, 3.63) is 17.8 Å². The molecule has 0 bridgehead atoms. The van der Waals surface area contributed by atoms with Crippen molar-refractivity contribution in [3.8, 4) is 0 Å². The molecule has 4 heteroatoms. The van der Waals surface area contributed by atoms with Crippen molar-refractivity contribution < 1.29 is 0 Å². The average molecular weight is 189 g/mol. The Morgan fingerprint density at radius 2 is 2.27 bits per heavy atom. The van der Waals surface area contributed by atoms with Crippen LogP contribution in [0.25, 0.3) is 0 Å². The molecule has 11 heavy (non-hydrogen) atoms. The van der Waals surface area contributed by atoms with Crippen LogP contribution in [0, 0.1) is 6.92 Å². The number of rotatable bonds is 3. The molecule has 1 heterocycles. The Bertz CT molecular complexity index is 212. The molecule has 0 aromatic carbocycles. The third kappa shape index (κ3) is 3.08. The number of nitrogens with zero attached hydrogens (tertiary/aromatic N) is 2. The van der Waals surface area contributed by atoms with E-state index in [2.05, 4.69) is 10.2 Å². The second-order valence-corrected chi connectivity index (χ2v) is 3.54. The fourth-order valence-corrected chi connectivity index (χ4v) is 1.39. The smallest absolute Gasteiger partial charge is 0.119 e.